The Morgan fingerprint density at radius 2 is 1.54 bits per heavy atom. The van der Waals surface area contributed by atoms with Crippen molar-refractivity contribution in [3.63, 3.8) is 0 Å². The van der Waals surface area contributed by atoms with Crippen LogP contribution in [0.25, 0.3) is 0 Å². The lowest BCUT2D eigenvalue weighted by Crippen LogP contribution is -2.47. The Morgan fingerprint density at radius 1 is 0.917 bits per heavy atom. The number of hydrazine groups is 1. The summed E-state index contributed by atoms with van der Waals surface area (Å²) in [5.41, 5.74) is 6.37. The van der Waals surface area contributed by atoms with E-state index in [9.17, 15) is 0 Å². The van der Waals surface area contributed by atoms with Crippen LogP contribution in [-0.2, 0) is 0 Å². The molecule has 0 amide bonds. The van der Waals surface area contributed by atoms with E-state index in [1.165, 1.54) is 36.8 Å². The van der Waals surface area contributed by atoms with Crippen molar-refractivity contribution in [1.29, 1.82) is 0 Å². The highest BCUT2D eigenvalue weighted by atomic mass is 15.5. The fourth-order valence-electron chi connectivity index (χ4n) is 3.99. The average Bonchev–Trinajstić information content (AvgIpc) is 3.07. The number of fused-ring (bicyclic) bond motifs is 1. The highest BCUT2D eigenvalue weighted by Crippen LogP contribution is 2.28. The fourth-order valence-corrected chi connectivity index (χ4v) is 3.99. The van der Waals surface area contributed by atoms with Gasteiger partial charge in [0.05, 0.1) is 18.4 Å². The predicted octanol–water partition coefficient (Wildman–Crippen LogP) is 3.98. The molecule has 2 atom stereocenters. The van der Waals surface area contributed by atoms with E-state index in [0.717, 1.165) is 6.54 Å². The van der Waals surface area contributed by atoms with E-state index < -0.39 is 0 Å². The molecule has 2 aromatic rings. The molecule has 0 bridgehead atoms. The van der Waals surface area contributed by atoms with Crippen LogP contribution in [0.5, 0.6) is 0 Å². The van der Waals surface area contributed by atoms with E-state index in [1.54, 1.807) is 0 Å². The first-order valence-corrected chi connectivity index (χ1v) is 9.07. The van der Waals surface area contributed by atoms with Crippen molar-refractivity contribution in [3.05, 3.63) is 71.8 Å². The van der Waals surface area contributed by atoms with Gasteiger partial charge in [-0.3, -0.25) is 10.0 Å². The van der Waals surface area contributed by atoms with Gasteiger partial charge < -0.3 is 0 Å². The van der Waals surface area contributed by atoms with E-state index in [-0.39, 0.29) is 0 Å². The minimum atomic E-state index is 0.350. The van der Waals surface area contributed by atoms with E-state index in [4.69, 9.17) is 4.99 Å². The van der Waals surface area contributed by atoms with E-state index in [0.29, 0.717) is 18.0 Å². The van der Waals surface area contributed by atoms with Crippen molar-refractivity contribution < 1.29 is 0 Å². The number of hydrogen-bond acceptors (Lipinski definition) is 3. The van der Waals surface area contributed by atoms with Gasteiger partial charge in [0.25, 0.3) is 0 Å². The monoisotopic (exact) mass is 319 g/mol. The van der Waals surface area contributed by atoms with E-state index in [2.05, 4.69) is 71.1 Å². The number of aliphatic imine (C=N–C) groups is 1. The molecule has 0 radical (unpaired) electrons. The first kappa shape index (κ1) is 15.4. The third-order valence-electron chi connectivity index (χ3n) is 5.32. The van der Waals surface area contributed by atoms with Crippen LogP contribution < -0.4 is 5.43 Å². The van der Waals surface area contributed by atoms with Gasteiger partial charge in [-0.15, -0.1) is 0 Å². The van der Waals surface area contributed by atoms with E-state index >= 15 is 0 Å². The van der Waals surface area contributed by atoms with Gasteiger partial charge >= 0.3 is 0 Å². The van der Waals surface area contributed by atoms with Crippen LogP contribution in [0.2, 0.25) is 0 Å². The average molecular weight is 319 g/mol. The zero-order chi connectivity index (χ0) is 16.2. The molecule has 4 rings (SSSR count). The standard InChI is InChI=1S/C21H25N3/c1-3-9-17(10-4-1)19(18-11-5-2-6-12-18)15-23-24-16-22-20-13-7-8-14-21(20)24/h1-6,9-12,16,19-21,23H,7-8,13-15H2/t20-,21-/m0/s1. The largest absolute Gasteiger partial charge is 0.293 e. The summed E-state index contributed by atoms with van der Waals surface area (Å²) in [5, 5.41) is 2.27. The van der Waals surface area contributed by atoms with Gasteiger partial charge in [0.2, 0.25) is 0 Å². The molecule has 2 aliphatic rings. The Hall–Kier alpha value is -2.13. The maximum atomic E-state index is 4.70. The molecule has 3 nitrogen and oxygen atoms in total. The van der Waals surface area contributed by atoms with Crippen molar-refractivity contribution in [2.24, 2.45) is 4.99 Å². The van der Waals surface area contributed by atoms with Gasteiger partial charge in [0.15, 0.2) is 0 Å². The topological polar surface area (TPSA) is 27.6 Å². The lowest BCUT2D eigenvalue weighted by atomic mass is 9.90. The van der Waals surface area contributed by atoms with Crippen molar-refractivity contribution in [1.82, 2.24) is 10.4 Å². The number of rotatable bonds is 5. The summed E-state index contributed by atoms with van der Waals surface area (Å²) in [6, 6.07) is 22.6. The van der Waals surface area contributed by atoms with Gasteiger partial charge in [0, 0.05) is 12.5 Å². The molecule has 2 aromatic carbocycles. The normalized spacial score (nSPS) is 22.8. The highest BCUT2D eigenvalue weighted by molar-refractivity contribution is 5.58. The number of hydrogen-bond donors (Lipinski definition) is 1. The molecule has 1 aliphatic heterocycles. The molecule has 3 heteroatoms. The molecule has 0 aromatic heterocycles. The third-order valence-corrected chi connectivity index (χ3v) is 5.32. The Bertz CT molecular complexity index is 628. The third kappa shape index (κ3) is 3.22. The summed E-state index contributed by atoms with van der Waals surface area (Å²) in [6.07, 6.45) is 7.15. The van der Waals surface area contributed by atoms with Gasteiger partial charge in [0.1, 0.15) is 0 Å². The predicted molar refractivity (Wildman–Crippen MR) is 99.1 cm³/mol. The molecule has 124 valence electrons. The molecule has 1 fully saturated rings. The molecule has 1 heterocycles. The van der Waals surface area contributed by atoms with Gasteiger partial charge in [-0.05, 0) is 24.0 Å². The van der Waals surface area contributed by atoms with Crippen molar-refractivity contribution in [2.75, 3.05) is 6.54 Å². The molecule has 0 unspecified atom stereocenters. The van der Waals surface area contributed by atoms with Crippen molar-refractivity contribution >= 4 is 6.34 Å². The Labute approximate surface area is 144 Å². The van der Waals surface area contributed by atoms with Gasteiger partial charge in [-0.25, -0.2) is 5.43 Å². The van der Waals surface area contributed by atoms with Crippen molar-refractivity contribution in [3.8, 4) is 0 Å². The molecular weight excluding hydrogens is 294 g/mol. The molecule has 1 N–H and O–H groups in total. The summed E-state index contributed by atoms with van der Waals surface area (Å²) in [4.78, 5) is 4.70. The molecule has 0 saturated heterocycles. The fraction of sp³-hybridized carbons (Fsp3) is 0.381. The second-order valence-corrected chi connectivity index (χ2v) is 6.83. The Morgan fingerprint density at radius 3 is 2.21 bits per heavy atom. The summed E-state index contributed by atoms with van der Waals surface area (Å²) in [6.45, 7) is 0.892. The molecular formula is C21H25N3. The second-order valence-electron chi connectivity index (χ2n) is 6.83. The minimum absolute atomic E-state index is 0.350. The highest BCUT2D eigenvalue weighted by Gasteiger charge is 2.33. The maximum Gasteiger partial charge on any atom is 0.1000 e. The quantitative estimate of drug-likeness (QED) is 0.903. The van der Waals surface area contributed by atoms with E-state index in [1.807, 2.05) is 6.34 Å². The summed E-state index contributed by atoms with van der Waals surface area (Å²) in [7, 11) is 0. The summed E-state index contributed by atoms with van der Waals surface area (Å²) >= 11 is 0. The lowest BCUT2D eigenvalue weighted by molar-refractivity contribution is 0.191. The maximum absolute atomic E-state index is 4.70. The number of nitrogens with one attached hydrogen (secondary N) is 1. The second kappa shape index (κ2) is 7.18. The van der Waals surface area contributed by atoms with Crippen LogP contribution in [0, 0.1) is 0 Å². The van der Waals surface area contributed by atoms with Crippen LogP contribution in [0.4, 0.5) is 0 Å². The van der Waals surface area contributed by atoms with Crippen LogP contribution in [0.1, 0.15) is 42.7 Å². The van der Waals surface area contributed by atoms with Crippen LogP contribution in [-0.4, -0.2) is 30.0 Å². The summed E-state index contributed by atoms with van der Waals surface area (Å²) < 4.78 is 0. The minimum Gasteiger partial charge on any atom is -0.293 e. The van der Waals surface area contributed by atoms with Crippen molar-refractivity contribution in [2.45, 2.75) is 43.7 Å². The molecule has 0 spiro atoms. The molecule has 1 saturated carbocycles. The number of nitrogens with zero attached hydrogens (tertiary/aromatic N) is 2. The zero-order valence-electron chi connectivity index (χ0n) is 14.0. The van der Waals surface area contributed by atoms with Crippen LogP contribution in [0.15, 0.2) is 65.7 Å². The SMILES string of the molecule is C1=N[C@H]2CCCC[C@@H]2N1NCC(c1ccccc1)c1ccccc1. The number of benzene rings is 2. The van der Waals surface area contributed by atoms with Gasteiger partial charge in [-0.2, -0.15) is 0 Å². The smallest absolute Gasteiger partial charge is 0.1000 e. The van der Waals surface area contributed by atoms with Crippen LogP contribution >= 0.6 is 0 Å². The Balaban J connectivity index is 1.50. The first-order valence-electron chi connectivity index (χ1n) is 9.07. The van der Waals surface area contributed by atoms with Gasteiger partial charge in [-0.1, -0.05) is 73.5 Å². The molecule has 1 aliphatic carbocycles. The molecule has 24 heavy (non-hydrogen) atoms. The Kier molecular flexibility index (Phi) is 4.61. The first-order chi connectivity index (χ1) is 11.9. The lowest BCUT2D eigenvalue weighted by Gasteiger charge is -2.32. The van der Waals surface area contributed by atoms with Crippen LogP contribution in [0.3, 0.4) is 0 Å². The summed E-state index contributed by atoms with van der Waals surface area (Å²) in [5.74, 6) is 0.350. The zero-order valence-corrected chi connectivity index (χ0v) is 14.0.